The molecule has 0 radical (unpaired) electrons. The van der Waals surface area contributed by atoms with Gasteiger partial charge in [0.1, 0.15) is 11.5 Å². The van der Waals surface area contributed by atoms with E-state index >= 15 is 0 Å². The molecule has 1 aromatic rings. The summed E-state index contributed by atoms with van der Waals surface area (Å²) in [6, 6.07) is 0.0352. The van der Waals surface area contributed by atoms with Gasteiger partial charge < -0.3 is 10.5 Å². The highest BCUT2D eigenvalue weighted by Gasteiger charge is 2.20. The van der Waals surface area contributed by atoms with Crippen LogP contribution >= 0.6 is 11.9 Å². The van der Waals surface area contributed by atoms with E-state index in [-0.39, 0.29) is 6.04 Å². The molecule has 0 saturated heterocycles. The minimum Gasteiger partial charge on any atom is -0.475 e. The summed E-state index contributed by atoms with van der Waals surface area (Å²) in [5, 5.41) is 9.49. The summed E-state index contributed by atoms with van der Waals surface area (Å²) in [4.78, 5) is 0.863. The lowest BCUT2D eigenvalue weighted by molar-refractivity contribution is 0.201. The zero-order chi connectivity index (χ0) is 8.55. The Balaban J connectivity index is 2.32. The van der Waals surface area contributed by atoms with E-state index in [4.69, 9.17) is 15.6 Å². The second-order valence-corrected chi connectivity index (χ2v) is 3.36. The fraction of sp³-hybridized carbons (Fsp3) is 0.500. The molecule has 2 rings (SSSR count). The molecule has 1 aliphatic heterocycles. The summed E-state index contributed by atoms with van der Waals surface area (Å²) in [5.74, 6) is 0.740. The van der Waals surface area contributed by atoms with Gasteiger partial charge in [-0.2, -0.15) is 5.10 Å². The fourth-order valence-corrected chi connectivity index (χ4v) is 1.55. The van der Waals surface area contributed by atoms with E-state index in [9.17, 15) is 0 Å². The van der Waals surface area contributed by atoms with Crippen molar-refractivity contribution in [2.75, 3.05) is 6.61 Å². The van der Waals surface area contributed by atoms with Crippen LogP contribution in [0.5, 0.6) is 5.88 Å². The second kappa shape index (κ2) is 2.96. The Morgan fingerprint density at radius 2 is 2.58 bits per heavy atom. The van der Waals surface area contributed by atoms with Crippen molar-refractivity contribution in [3.8, 4) is 5.88 Å². The van der Waals surface area contributed by atoms with Crippen molar-refractivity contribution in [3.05, 3.63) is 6.20 Å². The number of hydrogen-bond acceptors (Lipinski definition) is 5. The summed E-state index contributed by atoms with van der Waals surface area (Å²) in [7, 11) is 0. The Kier molecular flexibility index (Phi) is 1.95. The van der Waals surface area contributed by atoms with E-state index in [0.717, 1.165) is 22.7 Å². The van der Waals surface area contributed by atoms with Crippen molar-refractivity contribution >= 4 is 11.9 Å². The van der Waals surface area contributed by atoms with Gasteiger partial charge in [-0.25, -0.2) is 4.68 Å². The fourth-order valence-electron chi connectivity index (χ4n) is 1.17. The number of nitrogens with two attached hydrogens (primary N) is 2. The molecule has 0 fully saturated rings. The smallest absolute Gasteiger partial charge is 0.227 e. The van der Waals surface area contributed by atoms with Gasteiger partial charge in [0, 0.05) is 0 Å². The Hall–Kier alpha value is -0.720. The number of nitrogens with zero attached hydrogens (tertiary/aromatic N) is 2. The average Bonchev–Trinajstić information content (AvgIpc) is 2.46. The molecule has 1 unspecified atom stereocenters. The zero-order valence-corrected chi connectivity index (χ0v) is 7.25. The van der Waals surface area contributed by atoms with Gasteiger partial charge in [-0.05, 0) is 11.9 Å². The van der Waals surface area contributed by atoms with Crippen LogP contribution in [0.25, 0.3) is 0 Å². The molecular formula is C6H10N4OS. The third-order valence-corrected chi connectivity index (χ3v) is 2.26. The third kappa shape index (κ3) is 1.17. The Morgan fingerprint density at radius 1 is 1.75 bits per heavy atom. The standard InChI is InChI=1S/C6H10N4OS/c7-4-2-10-6(11-3-4)5(12-8)1-9-10/h1,4H,2-3,7-8H2. The van der Waals surface area contributed by atoms with E-state index in [1.807, 2.05) is 0 Å². The van der Waals surface area contributed by atoms with Crippen LogP contribution in [0.4, 0.5) is 0 Å². The van der Waals surface area contributed by atoms with E-state index in [2.05, 4.69) is 5.10 Å². The van der Waals surface area contributed by atoms with Crippen LogP contribution in [0, 0.1) is 0 Å². The number of fused-ring (bicyclic) bond motifs is 1. The van der Waals surface area contributed by atoms with Crippen LogP contribution in [0.2, 0.25) is 0 Å². The molecular weight excluding hydrogens is 176 g/mol. The van der Waals surface area contributed by atoms with Gasteiger partial charge >= 0.3 is 0 Å². The van der Waals surface area contributed by atoms with Crippen LogP contribution < -0.4 is 15.6 Å². The first-order chi connectivity index (χ1) is 5.81. The molecule has 1 aliphatic rings. The quantitative estimate of drug-likeness (QED) is 0.582. The van der Waals surface area contributed by atoms with Gasteiger partial charge in [-0.15, -0.1) is 0 Å². The largest absolute Gasteiger partial charge is 0.475 e. The number of ether oxygens (including phenoxy) is 1. The van der Waals surface area contributed by atoms with E-state index in [1.54, 1.807) is 10.9 Å². The van der Waals surface area contributed by atoms with Crippen molar-refractivity contribution in [1.29, 1.82) is 0 Å². The monoisotopic (exact) mass is 186 g/mol. The molecule has 12 heavy (non-hydrogen) atoms. The number of hydrogen-bond donors (Lipinski definition) is 2. The van der Waals surface area contributed by atoms with Crippen molar-refractivity contribution in [3.63, 3.8) is 0 Å². The topological polar surface area (TPSA) is 79.1 Å². The molecule has 0 bridgehead atoms. The van der Waals surface area contributed by atoms with Gasteiger partial charge in [0.25, 0.3) is 0 Å². The number of rotatable bonds is 1. The minimum atomic E-state index is 0.0352. The average molecular weight is 186 g/mol. The molecule has 1 atom stereocenters. The summed E-state index contributed by atoms with van der Waals surface area (Å²) in [6.07, 6.45) is 1.69. The Labute approximate surface area is 74.2 Å². The molecule has 6 heteroatoms. The van der Waals surface area contributed by atoms with E-state index in [1.165, 1.54) is 0 Å². The molecule has 66 valence electrons. The molecule has 1 aromatic heterocycles. The molecule has 5 nitrogen and oxygen atoms in total. The first-order valence-electron chi connectivity index (χ1n) is 3.62. The highest BCUT2D eigenvalue weighted by molar-refractivity contribution is 7.97. The van der Waals surface area contributed by atoms with Crippen LogP contribution in [-0.2, 0) is 6.54 Å². The van der Waals surface area contributed by atoms with Crippen LogP contribution in [-0.4, -0.2) is 22.4 Å². The molecule has 0 amide bonds. The highest BCUT2D eigenvalue weighted by atomic mass is 32.2. The second-order valence-electron chi connectivity index (χ2n) is 2.69. The van der Waals surface area contributed by atoms with Gasteiger partial charge in [-0.1, -0.05) is 0 Å². The van der Waals surface area contributed by atoms with Gasteiger partial charge in [-0.3, -0.25) is 5.14 Å². The van der Waals surface area contributed by atoms with Crippen LogP contribution in [0.1, 0.15) is 0 Å². The maximum atomic E-state index is 5.68. The summed E-state index contributed by atoms with van der Waals surface area (Å²) in [6.45, 7) is 1.25. The lowest BCUT2D eigenvalue weighted by atomic mass is 10.3. The first-order valence-corrected chi connectivity index (χ1v) is 4.50. The number of aromatic nitrogens is 2. The van der Waals surface area contributed by atoms with Crippen LogP contribution in [0.3, 0.4) is 0 Å². The molecule has 0 aromatic carbocycles. The minimum absolute atomic E-state index is 0.0352. The SMILES string of the molecule is NSc1cnn2c1OCC(N)C2. The molecule has 4 N–H and O–H groups in total. The lowest BCUT2D eigenvalue weighted by Gasteiger charge is -2.20. The lowest BCUT2D eigenvalue weighted by Crippen LogP contribution is -2.37. The predicted molar refractivity (Wildman–Crippen MR) is 45.7 cm³/mol. The van der Waals surface area contributed by atoms with Gasteiger partial charge in [0.2, 0.25) is 5.88 Å². The summed E-state index contributed by atoms with van der Waals surface area (Å²) < 4.78 is 7.11. The van der Waals surface area contributed by atoms with Crippen molar-refractivity contribution in [1.82, 2.24) is 9.78 Å². The van der Waals surface area contributed by atoms with Gasteiger partial charge in [0.15, 0.2) is 0 Å². The highest BCUT2D eigenvalue weighted by Crippen LogP contribution is 2.27. The molecule has 0 saturated carbocycles. The maximum Gasteiger partial charge on any atom is 0.227 e. The van der Waals surface area contributed by atoms with E-state index < -0.39 is 0 Å². The van der Waals surface area contributed by atoms with Gasteiger partial charge in [0.05, 0.1) is 18.8 Å². The van der Waals surface area contributed by atoms with Crippen molar-refractivity contribution in [2.45, 2.75) is 17.5 Å². The Bertz CT molecular complexity index is 287. The third-order valence-electron chi connectivity index (χ3n) is 1.73. The molecule has 2 heterocycles. The normalized spacial score (nSPS) is 21.7. The van der Waals surface area contributed by atoms with Crippen LogP contribution in [0.15, 0.2) is 11.1 Å². The summed E-state index contributed by atoms with van der Waals surface area (Å²) in [5.41, 5.74) is 5.68. The maximum absolute atomic E-state index is 5.68. The molecule has 0 spiro atoms. The van der Waals surface area contributed by atoms with E-state index in [0.29, 0.717) is 13.2 Å². The van der Waals surface area contributed by atoms with Crippen molar-refractivity contribution < 1.29 is 4.74 Å². The van der Waals surface area contributed by atoms with Crippen molar-refractivity contribution in [2.24, 2.45) is 10.9 Å². The predicted octanol–water partition coefficient (Wildman–Crippen LogP) is -0.431. The summed E-state index contributed by atoms with van der Waals surface area (Å²) >= 11 is 1.14. The Morgan fingerprint density at radius 3 is 3.33 bits per heavy atom. The molecule has 0 aliphatic carbocycles. The zero-order valence-electron chi connectivity index (χ0n) is 6.43. The first kappa shape index (κ1) is 7.90.